The first-order valence-electron chi connectivity index (χ1n) is 6.57. The third-order valence-corrected chi connectivity index (χ3v) is 5.59. The molecule has 0 bridgehead atoms. The van der Waals surface area contributed by atoms with Crippen molar-refractivity contribution in [1.82, 2.24) is 9.21 Å². The predicted octanol–water partition coefficient (Wildman–Crippen LogP) is 1.32. The van der Waals surface area contributed by atoms with Gasteiger partial charge in [-0.3, -0.25) is 14.5 Å². The van der Waals surface area contributed by atoms with E-state index < -0.39 is 15.9 Å². The molecule has 6 nitrogen and oxygen atoms in total. The molecule has 0 atom stereocenters. The second-order valence-electron chi connectivity index (χ2n) is 5.33. The zero-order chi connectivity index (χ0) is 16.2. The van der Waals surface area contributed by atoms with E-state index in [0.29, 0.717) is 16.3 Å². The van der Waals surface area contributed by atoms with Crippen molar-refractivity contribution in [3.63, 3.8) is 0 Å². The molecule has 1 aliphatic heterocycles. The molecule has 0 fully saturated rings. The van der Waals surface area contributed by atoms with E-state index in [9.17, 15) is 18.0 Å². The van der Waals surface area contributed by atoms with Gasteiger partial charge in [0.05, 0.1) is 4.90 Å². The molecule has 0 N–H and O–H groups in total. The van der Waals surface area contributed by atoms with Gasteiger partial charge in [0.25, 0.3) is 11.8 Å². The van der Waals surface area contributed by atoms with E-state index in [4.69, 9.17) is 0 Å². The molecule has 3 rings (SSSR count). The first kappa shape index (κ1) is 14.7. The summed E-state index contributed by atoms with van der Waals surface area (Å²) in [7, 11) is 0.581. The molecule has 0 spiro atoms. The summed E-state index contributed by atoms with van der Waals surface area (Å²) in [6, 6.07) is 7.84. The van der Waals surface area contributed by atoms with Crippen LogP contribution in [0, 0.1) is 0 Å². The largest absolute Gasteiger partial charge is 0.277 e. The number of rotatable bonds is 2. The topological polar surface area (TPSA) is 74.8 Å². The number of benzene rings is 2. The fourth-order valence-corrected chi connectivity index (χ4v) is 3.52. The van der Waals surface area contributed by atoms with E-state index in [1.807, 2.05) is 0 Å². The van der Waals surface area contributed by atoms with Crippen molar-refractivity contribution >= 4 is 32.6 Å². The van der Waals surface area contributed by atoms with Crippen LogP contribution in [0.25, 0.3) is 10.8 Å². The third kappa shape index (κ3) is 1.86. The van der Waals surface area contributed by atoms with Crippen LogP contribution in [0.3, 0.4) is 0 Å². The molecule has 0 saturated carbocycles. The molecule has 0 aliphatic carbocycles. The van der Waals surface area contributed by atoms with Gasteiger partial charge < -0.3 is 0 Å². The van der Waals surface area contributed by atoms with Gasteiger partial charge in [-0.2, -0.15) is 0 Å². The van der Waals surface area contributed by atoms with E-state index in [1.165, 1.54) is 33.3 Å². The first-order chi connectivity index (χ1) is 10.2. The number of hydrogen-bond donors (Lipinski definition) is 0. The molecule has 2 amide bonds. The lowest BCUT2D eigenvalue weighted by molar-refractivity contribution is 0.0650. The summed E-state index contributed by atoms with van der Waals surface area (Å²) in [6.45, 7) is 0. The van der Waals surface area contributed by atoms with Gasteiger partial charge in [0, 0.05) is 37.7 Å². The molecule has 0 radical (unpaired) electrons. The molecule has 114 valence electrons. The zero-order valence-electron chi connectivity index (χ0n) is 12.3. The summed E-state index contributed by atoms with van der Waals surface area (Å²) in [6.07, 6.45) is 0. The van der Waals surface area contributed by atoms with Crippen molar-refractivity contribution in [2.24, 2.45) is 0 Å². The van der Waals surface area contributed by atoms with Crippen molar-refractivity contribution in [3.8, 4) is 0 Å². The van der Waals surface area contributed by atoms with Gasteiger partial charge in [0.1, 0.15) is 0 Å². The van der Waals surface area contributed by atoms with E-state index in [1.54, 1.807) is 18.2 Å². The lowest BCUT2D eigenvalue weighted by Crippen LogP contribution is -2.37. The van der Waals surface area contributed by atoms with Crippen molar-refractivity contribution in [1.29, 1.82) is 0 Å². The standard InChI is InChI=1S/C15H14N2O4S/c1-16(2)22(20,21)10-7-9-5-4-6-11-13(9)12(8-10)15(19)17(3)14(11)18/h4-8H,1-3H3. The third-order valence-electron chi connectivity index (χ3n) is 3.80. The quantitative estimate of drug-likeness (QED) is 0.783. The molecule has 0 saturated heterocycles. The van der Waals surface area contributed by atoms with Crippen molar-refractivity contribution in [2.75, 3.05) is 21.1 Å². The summed E-state index contributed by atoms with van der Waals surface area (Å²) in [5.74, 6) is -0.879. The van der Waals surface area contributed by atoms with Crippen LogP contribution in [0.4, 0.5) is 0 Å². The SMILES string of the molecule is CN1C(=O)c2cccc3cc(S(=O)(=O)N(C)C)cc(c23)C1=O. The minimum Gasteiger partial charge on any atom is -0.277 e. The van der Waals surface area contributed by atoms with Gasteiger partial charge in [-0.05, 0) is 23.6 Å². The van der Waals surface area contributed by atoms with Crippen LogP contribution < -0.4 is 0 Å². The predicted molar refractivity (Wildman–Crippen MR) is 81.2 cm³/mol. The summed E-state index contributed by atoms with van der Waals surface area (Å²) in [5.41, 5.74) is 0.638. The number of carbonyl (C=O) groups excluding carboxylic acids is 2. The zero-order valence-corrected chi connectivity index (χ0v) is 13.1. The summed E-state index contributed by atoms with van der Waals surface area (Å²) in [5, 5.41) is 1.07. The molecule has 0 unspecified atom stereocenters. The van der Waals surface area contributed by atoms with Crippen LogP contribution in [-0.2, 0) is 10.0 Å². The highest BCUT2D eigenvalue weighted by atomic mass is 32.2. The summed E-state index contributed by atoms with van der Waals surface area (Å²) >= 11 is 0. The van der Waals surface area contributed by atoms with E-state index in [0.717, 1.165) is 9.21 Å². The maximum absolute atomic E-state index is 12.4. The first-order valence-corrected chi connectivity index (χ1v) is 8.01. The smallest absolute Gasteiger partial charge is 0.261 e. The van der Waals surface area contributed by atoms with Crippen LogP contribution in [0.5, 0.6) is 0 Å². The minimum absolute atomic E-state index is 0.0354. The molecular weight excluding hydrogens is 304 g/mol. The number of sulfonamides is 1. The van der Waals surface area contributed by atoms with E-state index in [2.05, 4.69) is 0 Å². The lowest BCUT2D eigenvalue weighted by Gasteiger charge is -2.24. The van der Waals surface area contributed by atoms with Gasteiger partial charge in [0.2, 0.25) is 10.0 Å². The number of carbonyl (C=O) groups is 2. The fourth-order valence-electron chi connectivity index (χ4n) is 2.56. The number of nitrogens with zero attached hydrogens (tertiary/aromatic N) is 2. The fraction of sp³-hybridized carbons (Fsp3) is 0.200. The Kier molecular flexibility index (Phi) is 3.08. The molecule has 2 aromatic carbocycles. The van der Waals surface area contributed by atoms with Gasteiger partial charge >= 0.3 is 0 Å². The van der Waals surface area contributed by atoms with Crippen LogP contribution >= 0.6 is 0 Å². The van der Waals surface area contributed by atoms with Crippen molar-refractivity contribution < 1.29 is 18.0 Å². The van der Waals surface area contributed by atoms with Crippen LogP contribution in [-0.4, -0.2) is 50.6 Å². The highest BCUT2D eigenvalue weighted by molar-refractivity contribution is 7.89. The van der Waals surface area contributed by atoms with Gasteiger partial charge in [-0.25, -0.2) is 12.7 Å². The highest BCUT2D eigenvalue weighted by Crippen LogP contribution is 2.32. The maximum Gasteiger partial charge on any atom is 0.261 e. The molecule has 1 heterocycles. The average Bonchev–Trinajstić information content (AvgIpc) is 2.49. The van der Waals surface area contributed by atoms with Crippen molar-refractivity contribution in [3.05, 3.63) is 41.5 Å². The normalized spacial score (nSPS) is 15.0. The Labute approximate surface area is 128 Å². The second kappa shape index (κ2) is 4.62. The van der Waals surface area contributed by atoms with Crippen molar-refractivity contribution in [2.45, 2.75) is 4.90 Å². The van der Waals surface area contributed by atoms with Crippen LogP contribution in [0.15, 0.2) is 35.2 Å². The van der Waals surface area contributed by atoms with Gasteiger partial charge in [0.15, 0.2) is 0 Å². The Balaban J connectivity index is 2.43. The molecule has 22 heavy (non-hydrogen) atoms. The summed E-state index contributed by atoms with van der Waals surface area (Å²) < 4.78 is 25.8. The maximum atomic E-state index is 12.4. The van der Waals surface area contributed by atoms with Gasteiger partial charge in [-0.1, -0.05) is 12.1 Å². The number of hydrogen-bond acceptors (Lipinski definition) is 4. The summed E-state index contributed by atoms with van der Waals surface area (Å²) in [4.78, 5) is 25.6. The highest BCUT2D eigenvalue weighted by Gasteiger charge is 2.32. The Bertz CT molecular complexity index is 932. The monoisotopic (exact) mass is 318 g/mol. The Morgan fingerprint density at radius 1 is 1.00 bits per heavy atom. The number of imide groups is 1. The van der Waals surface area contributed by atoms with E-state index >= 15 is 0 Å². The Morgan fingerprint density at radius 3 is 2.27 bits per heavy atom. The molecule has 0 aromatic heterocycles. The van der Waals surface area contributed by atoms with Crippen LogP contribution in [0.1, 0.15) is 20.7 Å². The molecule has 1 aliphatic rings. The molecule has 7 heteroatoms. The lowest BCUT2D eigenvalue weighted by atomic mass is 9.94. The number of amides is 2. The Morgan fingerprint density at radius 2 is 1.64 bits per heavy atom. The molecule has 2 aromatic rings. The Hall–Kier alpha value is -2.25. The van der Waals surface area contributed by atoms with E-state index in [-0.39, 0.29) is 16.4 Å². The second-order valence-corrected chi connectivity index (χ2v) is 7.48. The van der Waals surface area contributed by atoms with Crippen LogP contribution in [0.2, 0.25) is 0 Å². The average molecular weight is 318 g/mol. The van der Waals surface area contributed by atoms with Gasteiger partial charge in [-0.15, -0.1) is 0 Å². The minimum atomic E-state index is -3.67. The molecular formula is C15H14N2O4S.